The summed E-state index contributed by atoms with van der Waals surface area (Å²) >= 11 is 1.74. The van der Waals surface area contributed by atoms with Crippen molar-refractivity contribution in [2.45, 2.75) is 11.3 Å². The molecule has 17 heavy (non-hydrogen) atoms. The third kappa shape index (κ3) is 2.63. The van der Waals surface area contributed by atoms with Crippen LogP contribution in [0.5, 0.6) is 0 Å². The zero-order valence-electron chi connectivity index (χ0n) is 9.73. The predicted octanol–water partition coefficient (Wildman–Crippen LogP) is 1.87. The van der Waals surface area contributed by atoms with Gasteiger partial charge in [-0.2, -0.15) is 11.8 Å². The van der Waals surface area contributed by atoms with Crippen LogP contribution >= 0.6 is 11.8 Å². The minimum atomic E-state index is -3.22. The topological polar surface area (TPSA) is 62.8 Å². The zero-order valence-corrected chi connectivity index (χ0v) is 11.4. The molecule has 0 aliphatic heterocycles. The Morgan fingerprint density at radius 2 is 2.18 bits per heavy atom. The van der Waals surface area contributed by atoms with Gasteiger partial charge in [0.05, 0.1) is 10.4 Å². The standard InChI is InChI=1S/C11H14N2O2S2/c1-16-7-6-10-12-8-4-3-5-9(11(8)13-10)17(2,14)15/h3-5H,6-7H2,1-2H3,(H,12,13). The zero-order chi connectivity index (χ0) is 12.5. The van der Waals surface area contributed by atoms with E-state index in [2.05, 4.69) is 9.97 Å². The number of thioether (sulfide) groups is 1. The van der Waals surface area contributed by atoms with Crippen molar-refractivity contribution in [1.29, 1.82) is 0 Å². The number of aromatic amines is 1. The van der Waals surface area contributed by atoms with Crippen LogP contribution in [0.15, 0.2) is 23.1 Å². The van der Waals surface area contributed by atoms with E-state index in [1.807, 2.05) is 12.3 Å². The molecular weight excluding hydrogens is 256 g/mol. The maximum Gasteiger partial charge on any atom is 0.177 e. The molecule has 0 fully saturated rings. The van der Waals surface area contributed by atoms with E-state index in [1.165, 1.54) is 6.26 Å². The van der Waals surface area contributed by atoms with Crippen LogP contribution < -0.4 is 0 Å². The largest absolute Gasteiger partial charge is 0.342 e. The normalized spacial score (nSPS) is 12.1. The molecule has 0 atom stereocenters. The number of H-pyrrole nitrogens is 1. The van der Waals surface area contributed by atoms with Crippen molar-refractivity contribution in [3.8, 4) is 0 Å². The van der Waals surface area contributed by atoms with Crippen molar-refractivity contribution >= 4 is 32.6 Å². The number of rotatable bonds is 4. The summed E-state index contributed by atoms with van der Waals surface area (Å²) in [4.78, 5) is 7.82. The first-order valence-corrected chi connectivity index (χ1v) is 8.47. The fourth-order valence-electron chi connectivity index (χ4n) is 1.67. The van der Waals surface area contributed by atoms with E-state index in [0.717, 1.165) is 23.5 Å². The van der Waals surface area contributed by atoms with Crippen LogP contribution in [0.2, 0.25) is 0 Å². The molecule has 0 bridgehead atoms. The minimum Gasteiger partial charge on any atom is -0.342 e. The number of aromatic nitrogens is 2. The number of imidazole rings is 1. The van der Waals surface area contributed by atoms with Crippen molar-refractivity contribution in [2.24, 2.45) is 0 Å². The summed E-state index contributed by atoms with van der Waals surface area (Å²) < 4.78 is 23.2. The summed E-state index contributed by atoms with van der Waals surface area (Å²) in [6, 6.07) is 5.17. The fraction of sp³-hybridized carbons (Fsp3) is 0.364. The van der Waals surface area contributed by atoms with E-state index in [0.29, 0.717) is 10.4 Å². The molecule has 2 aromatic rings. The van der Waals surface area contributed by atoms with Gasteiger partial charge in [-0.15, -0.1) is 0 Å². The number of nitrogens with one attached hydrogen (secondary N) is 1. The molecule has 6 heteroatoms. The second-order valence-corrected chi connectivity index (χ2v) is 6.82. The molecule has 0 radical (unpaired) electrons. The summed E-state index contributed by atoms with van der Waals surface area (Å²) in [5.41, 5.74) is 1.33. The van der Waals surface area contributed by atoms with E-state index >= 15 is 0 Å². The molecule has 0 amide bonds. The van der Waals surface area contributed by atoms with Crippen molar-refractivity contribution in [2.75, 3.05) is 18.3 Å². The first-order chi connectivity index (χ1) is 8.02. The molecule has 0 spiro atoms. The van der Waals surface area contributed by atoms with E-state index in [9.17, 15) is 8.42 Å². The Kier molecular flexibility index (Phi) is 3.44. The number of hydrogen-bond acceptors (Lipinski definition) is 4. The highest BCUT2D eigenvalue weighted by molar-refractivity contribution is 7.98. The molecular formula is C11H14N2O2S2. The van der Waals surface area contributed by atoms with Crippen LogP contribution in [0, 0.1) is 0 Å². The molecule has 0 saturated carbocycles. The van der Waals surface area contributed by atoms with Crippen LogP contribution in [-0.4, -0.2) is 36.7 Å². The van der Waals surface area contributed by atoms with Crippen LogP contribution in [0.1, 0.15) is 5.82 Å². The van der Waals surface area contributed by atoms with Gasteiger partial charge in [0.2, 0.25) is 0 Å². The van der Waals surface area contributed by atoms with E-state index in [-0.39, 0.29) is 0 Å². The van der Waals surface area contributed by atoms with Gasteiger partial charge in [-0.3, -0.25) is 0 Å². The molecule has 0 unspecified atom stereocenters. The van der Waals surface area contributed by atoms with Crippen LogP contribution in [0.3, 0.4) is 0 Å². The molecule has 0 aliphatic rings. The summed E-state index contributed by atoms with van der Waals surface area (Å²) in [6.07, 6.45) is 4.06. The van der Waals surface area contributed by atoms with Gasteiger partial charge in [-0.25, -0.2) is 13.4 Å². The molecule has 0 aliphatic carbocycles. The van der Waals surface area contributed by atoms with E-state index < -0.39 is 9.84 Å². The maximum atomic E-state index is 11.6. The molecule has 4 nitrogen and oxygen atoms in total. The molecule has 1 aromatic heterocycles. The van der Waals surface area contributed by atoms with Gasteiger partial charge in [0.1, 0.15) is 11.3 Å². The summed E-state index contributed by atoms with van der Waals surface area (Å²) in [7, 11) is -3.22. The van der Waals surface area contributed by atoms with Gasteiger partial charge in [-0.1, -0.05) is 6.07 Å². The van der Waals surface area contributed by atoms with Crippen LogP contribution in [-0.2, 0) is 16.3 Å². The molecule has 1 N–H and O–H groups in total. The lowest BCUT2D eigenvalue weighted by Crippen LogP contribution is -1.98. The third-order valence-electron chi connectivity index (χ3n) is 2.47. The predicted molar refractivity (Wildman–Crippen MR) is 71.3 cm³/mol. The Bertz CT molecular complexity index is 632. The van der Waals surface area contributed by atoms with Gasteiger partial charge < -0.3 is 4.98 Å². The monoisotopic (exact) mass is 270 g/mol. The average molecular weight is 270 g/mol. The van der Waals surface area contributed by atoms with E-state index in [4.69, 9.17) is 0 Å². The number of aryl methyl sites for hydroxylation is 1. The Morgan fingerprint density at radius 3 is 2.82 bits per heavy atom. The van der Waals surface area contributed by atoms with Crippen molar-refractivity contribution < 1.29 is 8.42 Å². The SMILES string of the molecule is CSCCc1nc2c(S(C)(=O)=O)cccc2[nH]1. The van der Waals surface area contributed by atoms with Crippen LogP contribution in [0.25, 0.3) is 11.0 Å². The fourth-order valence-corrected chi connectivity index (χ4v) is 2.90. The summed E-state index contributed by atoms with van der Waals surface area (Å²) in [5, 5.41) is 0. The Hall–Kier alpha value is -1.01. The number of para-hydroxylation sites is 1. The third-order valence-corrected chi connectivity index (χ3v) is 4.21. The van der Waals surface area contributed by atoms with Crippen LogP contribution in [0.4, 0.5) is 0 Å². The van der Waals surface area contributed by atoms with Gasteiger partial charge in [0.25, 0.3) is 0 Å². The lowest BCUT2D eigenvalue weighted by atomic mass is 10.3. The van der Waals surface area contributed by atoms with E-state index in [1.54, 1.807) is 23.9 Å². The van der Waals surface area contributed by atoms with Gasteiger partial charge in [0.15, 0.2) is 9.84 Å². The Labute approximate surface area is 105 Å². The van der Waals surface area contributed by atoms with Gasteiger partial charge in [0, 0.05) is 18.4 Å². The number of hydrogen-bond donors (Lipinski definition) is 1. The smallest absolute Gasteiger partial charge is 0.177 e. The Morgan fingerprint density at radius 1 is 1.41 bits per heavy atom. The minimum absolute atomic E-state index is 0.293. The quantitative estimate of drug-likeness (QED) is 0.921. The van der Waals surface area contributed by atoms with Gasteiger partial charge in [-0.05, 0) is 18.4 Å². The van der Waals surface area contributed by atoms with Gasteiger partial charge >= 0.3 is 0 Å². The molecule has 92 valence electrons. The average Bonchev–Trinajstić information content (AvgIpc) is 2.66. The second-order valence-electron chi connectivity index (χ2n) is 3.85. The first-order valence-electron chi connectivity index (χ1n) is 5.19. The van der Waals surface area contributed by atoms with Crippen molar-refractivity contribution in [3.05, 3.63) is 24.0 Å². The number of nitrogens with zero attached hydrogens (tertiary/aromatic N) is 1. The molecule has 0 saturated heterocycles. The molecule has 2 rings (SSSR count). The lowest BCUT2D eigenvalue weighted by Gasteiger charge is -1.97. The highest BCUT2D eigenvalue weighted by atomic mass is 32.2. The number of sulfone groups is 1. The number of benzene rings is 1. The molecule has 1 aromatic carbocycles. The number of fused-ring (bicyclic) bond motifs is 1. The van der Waals surface area contributed by atoms with Crippen molar-refractivity contribution in [3.63, 3.8) is 0 Å². The Balaban J connectivity index is 2.53. The second kappa shape index (κ2) is 4.70. The highest BCUT2D eigenvalue weighted by Crippen LogP contribution is 2.21. The maximum absolute atomic E-state index is 11.6. The van der Waals surface area contributed by atoms with Crippen molar-refractivity contribution in [1.82, 2.24) is 9.97 Å². The highest BCUT2D eigenvalue weighted by Gasteiger charge is 2.14. The molecule has 1 heterocycles. The first kappa shape index (κ1) is 12.4. The summed E-state index contributed by atoms with van der Waals surface area (Å²) in [5.74, 6) is 1.80. The lowest BCUT2D eigenvalue weighted by molar-refractivity contribution is 0.602. The summed E-state index contributed by atoms with van der Waals surface area (Å²) in [6.45, 7) is 0.